The topological polar surface area (TPSA) is 63.6 Å². The molecule has 0 spiro atoms. The first-order valence-corrected chi connectivity index (χ1v) is 5.28. The summed E-state index contributed by atoms with van der Waals surface area (Å²) in [5.41, 5.74) is 0.626. The van der Waals surface area contributed by atoms with Gasteiger partial charge >= 0.3 is 11.9 Å². The summed E-state index contributed by atoms with van der Waals surface area (Å²) in [5, 5.41) is 9.07. The monoisotopic (exact) mass is 234 g/mol. The van der Waals surface area contributed by atoms with E-state index in [1.54, 1.807) is 37.3 Å². The van der Waals surface area contributed by atoms with E-state index < -0.39 is 17.9 Å². The van der Waals surface area contributed by atoms with E-state index in [1.165, 1.54) is 6.08 Å². The molecule has 0 heterocycles. The molecule has 1 atom stereocenters. The Kier molecular flexibility index (Phi) is 4.94. The van der Waals surface area contributed by atoms with Crippen molar-refractivity contribution >= 4 is 11.9 Å². The summed E-state index contributed by atoms with van der Waals surface area (Å²) < 4.78 is 4.69. The Hall–Kier alpha value is -2.10. The maximum atomic E-state index is 11.1. The van der Waals surface area contributed by atoms with Crippen LogP contribution in [-0.2, 0) is 14.3 Å². The van der Waals surface area contributed by atoms with Crippen LogP contribution in [0, 0.1) is 0 Å². The van der Waals surface area contributed by atoms with Gasteiger partial charge in [0.2, 0.25) is 0 Å². The molecule has 0 fully saturated rings. The average molecular weight is 234 g/mol. The molecule has 0 aliphatic carbocycles. The third-order valence-electron chi connectivity index (χ3n) is 2.14. The summed E-state index contributed by atoms with van der Waals surface area (Å²) >= 11 is 0. The van der Waals surface area contributed by atoms with Crippen LogP contribution >= 0.6 is 0 Å². The molecule has 0 radical (unpaired) electrons. The number of rotatable bonds is 5. The van der Waals surface area contributed by atoms with Crippen molar-refractivity contribution in [3.63, 3.8) is 0 Å². The first-order chi connectivity index (χ1) is 8.15. The summed E-state index contributed by atoms with van der Waals surface area (Å²) in [4.78, 5) is 22.2. The molecule has 0 amide bonds. The van der Waals surface area contributed by atoms with E-state index in [0.29, 0.717) is 5.56 Å². The standard InChI is InChI=1S/C13H14O4/c1-2-17-12(14)9-8-11(13(15)16)10-6-4-3-5-7-10/h3-9,11H,2H2,1H3,(H,15,16). The summed E-state index contributed by atoms with van der Waals surface area (Å²) in [6.45, 7) is 1.96. The number of carbonyl (C=O) groups is 2. The quantitative estimate of drug-likeness (QED) is 0.625. The average Bonchev–Trinajstić information content (AvgIpc) is 2.30. The number of carboxylic acids is 1. The fraction of sp³-hybridized carbons (Fsp3) is 0.231. The lowest BCUT2D eigenvalue weighted by molar-refractivity contribution is -0.137. The molecule has 4 nitrogen and oxygen atoms in total. The molecule has 1 aromatic carbocycles. The largest absolute Gasteiger partial charge is 0.481 e. The minimum atomic E-state index is -1.00. The molecule has 0 saturated carbocycles. The molecular weight excluding hydrogens is 220 g/mol. The van der Waals surface area contributed by atoms with E-state index in [2.05, 4.69) is 4.74 Å². The predicted molar refractivity (Wildman–Crippen MR) is 62.6 cm³/mol. The Bertz CT molecular complexity index is 409. The molecule has 0 aliphatic heterocycles. The molecule has 4 heteroatoms. The van der Waals surface area contributed by atoms with Crippen molar-refractivity contribution in [2.24, 2.45) is 0 Å². The molecule has 1 N–H and O–H groups in total. The lowest BCUT2D eigenvalue weighted by Crippen LogP contribution is -2.10. The van der Waals surface area contributed by atoms with Crippen molar-refractivity contribution in [3.05, 3.63) is 48.0 Å². The van der Waals surface area contributed by atoms with Gasteiger partial charge in [0.05, 0.1) is 6.61 Å². The van der Waals surface area contributed by atoms with E-state index in [1.807, 2.05) is 0 Å². The van der Waals surface area contributed by atoms with E-state index in [-0.39, 0.29) is 6.61 Å². The van der Waals surface area contributed by atoms with Crippen LogP contribution in [0.5, 0.6) is 0 Å². The van der Waals surface area contributed by atoms with E-state index in [9.17, 15) is 9.59 Å². The van der Waals surface area contributed by atoms with Gasteiger partial charge in [0.25, 0.3) is 0 Å². The molecule has 90 valence electrons. The van der Waals surface area contributed by atoms with Gasteiger partial charge in [0.15, 0.2) is 0 Å². The van der Waals surface area contributed by atoms with Crippen LogP contribution in [0.25, 0.3) is 0 Å². The van der Waals surface area contributed by atoms with Crippen LogP contribution in [0.15, 0.2) is 42.5 Å². The van der Waals surface area contributed by atoms with Crippen molar-refractivity contribution < 1.29 is 19.4 Å². The fourth-order valence-corrected chi connectivity index (χ4v) is 1.36. The maximum Gasteiger partial charge on any atom is 0.330 e. The van der Waals surface area contributed by atoms with Gasteiger partial charge in [0.1, 0.15) is 5.92 Å². The molecule has 0 aromatic heterocycles. The SMILES string of the molecule is CCOC(=O)C=CC(C(=O)O)c1ccccc1. The molecule has 17 heavy (non-hydrogen) atoms. The minimum Gasteiger partial charge on any atom is -0.481 e. The van der Waals surface area contributed by atoms with Crippen molar-refractivity contribution in [2.45, 2.75) is 12.8 Å². The van der Waals surface area contributed by atoms with E-state index in [4.69, 9.17) is 5.11 Å². The molecular formula is C13H14O4. The lowest BCUT2D eigenvalue weighted by atomic mass is 9.99. The minimum absolute atomic E-state index is 0.270. The lowest BCUT2D eigenvalue weighted by Gasteiger charge is -2.07. The first kappa shape index (κ1) is 13.0. The molecule has 0 aliphatic rings. The van der Waals surface area contributed by atoms with Crippen LogP contribution < -0.4 is 0 Å². The molecule has 1 aromatic rings. The third kappa shape index (κ3) is 4.10. The zero-order valence-electron chi connectivity index (χ0n) is 9.50. The van der Waals surface area contributed by atoms with Crippen LogP contribution in [0.4, 0.5) is 0 Å². The van der Waals surface area contributed by atoms with E-state index in [0.717, 1.165) is 6.08 Å². The maximum absolute atomic E-state index is 11.1. The molecule has 0 bridgehead atoms. The van der Waals surface area contributed by atoms with E-state index >= 15 is 0 Å². The normalized spacial score (nSPS) is 12.3. The van der Waals surface area contributed by atoms with Crippen molar-refractivity contribution in [3.8, 4) is 0 Å². The summed E-state index contributed by atoms with van der Waals surface area (Å²) in [6, 6.07) is 8.72. The third-order valence-corrected chi connectivity index (χ3v) is 2.14. The number of hydrogen-bond donors (Lipinski definition) is 1. The van der Waals surface area contributed by atoms with Crippen molar-refractivity contribution in [1.82, 2.24) is 0 Å². The highest BCUT2D eigenvalue weighted by Crippen LogP contribution is 2.17. The summed E-state index contributed by atoms with van der Waals surface area (Å²) in [7, 11) is 0. The number of esters is 1. The number of benzene rings is 1. The van der Waals surface area contributed by atoms with Gasteiger partial charge in [-0.3, -0.25) is 4.79 Å². The second kappa shape index (κ2) is 6.48. The second-order valence-corrected chi connectivity index (χ2v) is 3.34. The first-order valence-electron chi connectivity index (χ1n) is 5.28. The summed E-state index contributed by atoms with van der Waals surface area (Å²) in [6.07, 6.45) is 2.48. The van der Waals surface area contributed by atoms with Crippen molar-refractivity contribution in [1.29, 1.82) is 0 Å². The predicted octanol–water partition coefficient (Wildman–Crippen LogP) is 1.97. The van der Waals surface area contributed by atoms with Gasteiger partial charge in [0, 0.05) is 6.08 Å². The second-order valence-electron chi connectivity index (χ2n) is 3.34. The van der Waals surface area contributed by atoms with Gasteiger partial charge in [-0.25, -0.2) is 4.79 Å². The van der Waals surface area contributed by atoms with Gasteiger partial charge in [-0.15, -0.1) is 0 Å². The Balaban J connectivity index is 2.82. The Morgan fingerprint density at radius 1 is 1.35 bits per heavy atom. The van der Waals surface area contributed by atoms with Crippen LogP contribution in [0.2, 0.25) is 0 Å². The molecule has 0 saturated heterocycles. The molecule has 1 unspecified atom stereocenters. The number of ether oxygens (including phenoxy) is 1. The highest BCUT2D eigenvalue weighted by molar-refractivity contribution is 5.85. The smallest absolute Gasteiger partial charge is 0.330 e. The Labute approximate surface area is 99.5 Å². The van der Waals surface area contributed by atoms with Crippen LogP contribution in [0.3, 0.4) is 0 Å². The highest BCUT2D eigenvalue weighted by atomic mass is 16.5. The van der Waals surface area contributed by atoms with Crippen LogP contribution in [-0.4, -0.2) is 23.7 Å². The number of carbonyl (C=O) groups excluding carboxylic acids is 1. The van der Waals surface area contributed by atoms with Crippen molar-refractivity contribution in [2.75, 3.05) is 6.61 Å². The number of aliphatic carboxylic acids is 1. The fourth-order valence-electron chi connectivity index (χ4n) is 1.36. The Morgan fingerprint density at radius 2 is 2.00 bits per heavy atom. The Morgan fingerprint density at radius 3 is 2.53 bits per heavy atom. The highest BCUT2D eigenvalue weighted by Gasteiger charge is 2.16. The van der Waals surface area contributed by atoms with Gasteiger partial charge in [-0.1, -0.05) is 36.4 Å². The van der Waals surface area contributed by atoms with Gasteiger partial charge < -0.3 is 9.84 Å². The van der Waals surface area contributed by atoms with Crippen LogP contribution in [0.1, 0.15) is 18.4 Å². The van der Waals surface area contributed by atoms with Gasteiger partial charge in [-0.2, -0.15) is 0 Å². The number of carboxylic acid groups (broad SMARTS) is 1. The summed E-state index contributed by atoms with van der Waals surface area (Å²) in [5.74, 6) is -2.37. The number of hydrogen-bond acceptors (Lipinski definition) is 3. The zero-order chi connectivity index (χ0) is 12.7. The molecule has 1 rings (SSSR count). The zero-order valence-corrected chi connectivity index (χ0v) is 9.50. The van der Waals surface area contributed by atoms with Gasteiger partial charge in [-0.05, 0) is 12.5 Å².